The van der Waals surface area contributed by atoms with Crippen molar-refractivity contribution in [1.82, 2.24) is 34.8 Å². The SMILES string of the molecule is Cn1c(CO)nnc1C1CCCN(C(=O)NCCCn2ncc3ccccc32)C1. The Balaban J connectivity index is 1.27. The number of urea groups is 1. The third kappa shape index (κ3) is 4.09. The number of amides is 2. The molecule has 1 fully saturated rings. The molecule has 2 aromatic heterocycles. The van der Waals surface area contributed by atoms with Gasteiger partial charge in [0.15, 0.2) is 5.82 Å². The van der Waals surface area contributed by atoms with E-state index < -0.39 is 0 Å². The number of likely N-dealkylation sites (tertiary alicyclic amines) is 1. The van der Waals surface area contributed by atoms with Gasteiger partial charge in [0.1, 0.15) is 12.4 Å². The number of nitrogens with zero attached hydrogens (tertiary/aromatic N) is 6. The van der Waals surface area contributed by atoms with Crippen molar-refractivity contribution in [2.75, 3.05) is 19.6 Å². The van der Waals surface area contributed by atoms with Crippen LogP contribution in [0.2, 0.25) is 0 Å². The first kappa shape index (κ1) is 19.4. The van der Waals surface area contributed by atoms with Crippen LogP contribution in [0.4, 0.5) is 4.79 Å². The van der Waals surface area contributed by atoms with Gasteiger partial charge >= 0.3 is 6.03 Å². The Bertz CT molecular complexity index is 980. The molecule has 2 N–H and O–H groups in total. The van der Waals surface area contributed by atoms with Gasteiger partial charge in [0.25, 0.3) is 0 Å². The van der Waals surface area contributed by atoms with Gasteiger partial charge in [-0.2, -0.15) is 5.10 Å². The number of carbonyl (C=O) groups excluding carboxylic acids is 1. The van der Waals surface area contributed by atoms with E-state index >= 15 is 0 Å². The number of benzene rings is 1. The summed E-state index contributed by atoms with van der Waals surface area (Å²) in [6.07, 6.45) is 4.58. The number of aromatic nitrogens is 5. The molecule has 9 nitrogen and oxygen atoms in total. The van der Waals surface area contributed by atoms with Gasteiger partial charge in [-0.25, -0.2) is 4.79 Å². The zero-order chi connectivity index (χ0) is 20.2. The summed E-state index contributed by atoms with van der Waals surface area (Å²) >= 11 is 0. The van der Waals surface area contributed by atoms with Gasteiger partial charge in [0.05, 0.1) is 11.7 Å². The van der Waals surface area contributed by atoms with Crippen molar-refractivity contribution < 1.29 is 9.90 Å². The normalized spacial score (nSPS) is 17.0. The Morgan fingerprint density at radius 3 is 3.00 bits per heavy atom. The first-order valence-corrected chi connectivity index (χ1v) is 10.1. The molecule has 0 radical (unpaired) electrons. The quantitative estimate of drug-likeness (QED) is 0.616. The molecule has 4 rings (SSSR count). The maximum atomic E-state index is 12.6. The molecule has 1 atom stereocenters. The molecule has 1 aliphatic rings. The number of piperidine rings is 1. The van der Waals surface area contributed by atoms with Crippen molar-refractivity contribution in [1.29, 1.82) is 0 Å². The zero-order valence-corrected chi connectivity index (χ0v) is 16.7. The molecule has 29 heavy (non-hydrogen) atoms. The smallest absolute Gasteiger partial charge is 0.317 e. The first-order valence-electron chi connectivity index (χ1n) is 10.1. The number of nitrogens with one attached hydrogen (secondary N) is 1. The second-order valence-electron chi connectivity index (χ2n) is 7.49. The summed E-state index contributed by atoms with van der Waals surface area (Å²) in [4.78, 5) is 14.5. The number of aliphatic hydroxyl groups is 1. The molecule has 1 aromatic carbocycles. The number of carbonyl (C=O) groups is 1. The Hall–Kier alpha value is -2.94. The van der Waals surface area contributed by atoms with Crippen molar-refractivity contribution in [3.05, 3.63) is 42.1 Å². The Labute approximate surface area is 169 Å². The molecule has 1 aliphatic heterocycles. The summed E-state index contributed by atoms with van der Waals surface area (Å²) in [5.74, 6) is 1.52. The topological polar surface area (TPSA) is 101 Å². The van der Waals surface area contributed by atoms with E-state index in [-0.39, 0.29) is 18.6 Å². The van der Waals surface area contributed by atoms with Gasteiger partial charge < -0.3 is 19.9 Å². The summed E-state index contributed by atoms with van der Waals surface area (Å²) in [6.45, 7) is 2.60. The highest BCUT2D eigenvalue weighted by Crippen LogP contribution is 2.25. The van der Waals surface area contributed by atoms with Crippen molar-refractivity contribution >= 4 is 16.9 Å². The number of aliphatic hydroxyl groups excluding tert-OH is 1. The Morgan fingerprint density at radius 2 is 2.17 bits per heavy atom. The van der Waals surface area contributed by atoms with Crippen LogP contribution in [0.5, 0.6) is 0 Å². The second-order valence-corrected chi connectivity index (χ2v) is 7.49. The van der Waals surface area contributed by atoms with Gasteiger partial charge in [-0.3, -0.25) is 4.68 Å². The molecule has 3 heterocycles. The zero-order valence-electron chi connectivity index (χ0n) is 16.7. The van der Waals surface area contributed by atoms with Crippen molar-refractivity contribution in [3.63, 3.8) is 0 Å². The summed E-state index contributed by atoms with van der Waals surface area (Å²) in [7, 11) is 1.86. The minimum absolute atomic E-state index is 0.0374. The minimum Gasteiger partial charge on any atom is -0.388 e. The van der Waals surface area contributed by atoms with Crippen LogP contribution in [-0.4, -0.2) is 60.2 Å². The van der Waals surface area contributed by atoms with Crippen LogP contribution in [0, 0.1) is 0 Å². The van der Waals surface area contributed by atoms with Gasteiger partial charge in [-0.05, 0) is 25.3 Å². The standard InChI is InChI=1S/C20H27N7O2/c1-25-18(14-28)23-24-19(25)16-7-4-10-26(13-16)20(29)21-9-5-11-27-17-8-3-2-6-15(17)12-22-27/h2-3,6,8,12,16,28H,4-5,7,9-11,13-14H2,1H3,(H,21,29). The molecule has 1 unspecified atom stereocenters. The Kier molecular flexibility index (Phi) is 5.75. The summed E-state index contributed by atoms with van der Waals surface area (Å²) in [5.41, 5.74) is 1.11. The summed E-state index contributed by atoms with van der Waals surface area (Å²) in [5, 5.41) is 26.1. The maximum Gasteiger partial charge on any atom is 0.317 e. The summed E-state index contributed by atoms with van der Waals surface area (Å²) in [6, 6.07) is 8.09. The number of fused-ring (bicyclic) bond motifs is 1. The lowest BCUT2D eigenvalue weighted by molar-refractivity contribution is 0.177. The van der Waals surface area contributed by atoms with Crippen LogP contribution < -0.4 is 5.32 Å². The molecule has 0 spiro atoms. The monoisotopic (exact) mass is 397 g/mol. The molecule has 0 saturated carbocycles. The van der Waals surface area contributed by atoms with Crippen LogP contribution in [0.25, 0.3) is 10.9 Å². The van der Waals surface area contributed by atoms with E-state index in [1.54, 1.807) is 0 Å². The van der Waals surface area contributed by atoms with Crippen molar-refractivity contribution in [2.45, 2.75) is 38.3 Å². The summed E-state index contributed by atoms with van der Waals surface area (Å²) < 4.78 is 3.81. The molecule has 0 bridgehead atoms. The van der Waals surface area contributed by atoms with Crippen LogP contribution in [-0.2, 0) is 20.2 Å². The average molecular weight is 397 g/mol. The van der Waals surface area contributed by atoms with E-state index in [0.29, 0.717) is 18.9 Å². The molecule has 154 valence electrons. The van der Waals surface area contributed by atoms with Gasteiger partial charge in [0.2, 0.25) is 0 Å². The first-order chi connectivity index (χ1) is 14.2. The van der Waals surface area contributed by atoms with Crippen LogP contribution in [0.1, 0.15) is 36.8 Å². The minimum atomic E-state index is -0.133. The van der Waals surface area contributed by atoms with E-state index in [4.69, 9.17) is 0 Å². The van der Waals surface area contributed by atoms with Crippen LogP contribution in [0.15, 0.2) is 30.5 Å². The van der Waals surface area contributed by atoms with E-state index in [1.165, 1.54) is 0 Å². The van der Waals surface area contributed by atoms with Gasteiger partial charge in [0, 0.05) is 44.5 Å². The predicted molar refractivity (Wildman–Crippen MR) is 108 cm³/mol. The highest BCUT2D eigenvalue weighted by molar-refractivity contribution is 5.78. The fourth-order valence-electron chi connectivity index (χ4n) is 3.98. The van der Waals surface area contributed by atoms with Crippen LogP contribution in [0.3, 0.4) is 0 Å². The van der Waals surface area contributed by atoms with Crippen LogP contribution >= 0.6 is 0 Å². The maximum absolute atomic E-state index is 12.6. The number of hydrogen-bond acceptors (Lipinski definition) is 5. The molecular formula is C20H27N7O2. The second kappa shape index (κ2) is 8.60. The average Bonchev–Trinajstić information content (AvgIpc) is 3.34. The third-order valence-electron chi connectivity index (χ3n) is 5.59. The molecule has 9 heteroatoms. The lowest BCUT2D eigenvalue weighted by atomic mass is 9.97. The molecular weight excluding hydrogens is 370 g/mol. The van der Waals surface area contributed by atoms with E-state index in [0.717, 1.165) is 49.1 Å². The largest absolute Gasteiger partial charge is 0.388 e. The fraction of sp³-hybridized carbons (Fsp3) is 0.500. The van der Waals surface area contributed by atoms with E-state index in [2.05, 4.69) is 26.7 Å². The predicted octanol–water partition coefficient (Wildman–Crippen LogP) is 1.64. The molecule has 2 amide bonds. The van der Waals surface area contributed by atoms with Crippen molar-refractivity contribution in [3.8, 4) is 0 Å². The molecule has 1 saturated heterocycles. The number of aryl methyl sites for hydroxylation is 1. The number of rotatable bonds is 6. The highest BCUT2D eigenvalue weighted by atomic mass is 16.3. The lowest BCUT2D eigenvalue weighted by Gasteiger charge is -2.32. The number of hydrogen-bond donors (Lipinski definition) is 2. The fourth-order valence-corrected chi connectivity index (χ4v) is 3.98. The van der Waals surface area contributed by atoms with E-state index in [1.807, 2.05) is 45.6 Å². The van der Waals surface area contributed by atoms with Crippen molar-refractivity contribution in [2.24, 2.45) is 7.05 Å². The van der Waals surface area contributed by atoms with Gasteiger partial charge in [-0.15, -0.1) is 10.2 Å². The highest BCUT2D eigenvalue weighted by Gasteiger charge is 2.28. The van der Waals surface area contributed by atoms with Gasteiger partial charge in [-0.1, -0.05) is 18.2 Å². The molecule has 0 aliphatic carbocycles. The third-order valence-corrected chi connectivity index (χ3v) is 5.59. The Morgan fingerprint density at radius 1 is 1.31 bits per heavy atom. The number of para-hydroxylation sites is 1. The van der Waals surface area contributed by atoms with E-state index in [9.17, 15) is 9.90 Å². The molecule has 3 aromatic rings. The lowest BCUT2D eigenvalue weighted by Crippen LogP contribution is -2.45.